The molecule has 0 radical (unpaired) electrons. The first-order valence-corrected chi connectivity index (χ1v) is 7.54. The summed E-state index contributed by atoms with van der Waals surface area (Å²) < 4.78 is 5.80. The summed E-state index contributed by atoms with van der Waals surface area (Å²) in [7, 11) is 0. The monoisotopic (exact) mass is 290 g/mol. The van der Waals surface area contributed by atoms with Crippen LogP contribution >= 0.6 is 11.6 Å². The largest absolute Gasteiger partial charge is 0.441 e. The van der Waals surface area contributed by atoms with Gasteiger partial charge in [-0.25, -0.2) is 4.98 Å². The molecule has 1 fully saturated rings. The van der Waals surface area contributed by atoms with E-state index in [1.165, 1.54) is 12.8 Å². The smallest absolute Gasteiger partial charge is 0.194 e. The van der Waals surface area contributed by atoms with Gasteiger partial charge in [0.15, 0.2) is 11.7 Å². The molecule has 1 N–H and O–H groups in total. The van der Waals surface area contributed by atoms with Crippen LogP contribution in [0.1, 0.15) is 30.7 Å². The highest BCUT2D eigenvalue weighted by molar-refractivity contribution is 6.30. The van der Waals surface area contributed by atoms with E-state index in [1.807, 2.05) is 19.1 Å². The van der Waals surface area contributed by atoms with E-state index in [0.29, 0.717) is 0 Å². The van der Waals surface area contributed by atoms with Crippen molar-refractivity contribution in [2.75, 3.05) is 6.54 Å². The Morgan fingerprint density at radius 2 is 2.20 bits per heavy atom. The van der Waals surface area contributed by atoms with Crippen molar-refractivity contribution in [3.05, 3.63) is 40.9 Å². The van der Waals surface area contributed by atoms with Crippen molar-refractivity contribution in [1.29, 1.82) is 0 Å². The van der Waals surface area contributed by atoms with Crippen LogP contribution in [0, 0.1) is 6.92 Å². The molecule has 0 atom stereocenters. The molecule has 0 bridgehead atoms. The summed E-state index contributed by atoms with van der Waals surface area (Å²) in [6, 6.07) is 6.68. The van der Waals surface area contributed by atoms with E-state index in [0.717, 1.165) is 53.2 Å². The van der Waals surface area contributed by atoms with Gasteiger partial charge < -0.3 is 9.73 Å². The molecule has 2 aromatic rings. The average Bonchev–Trinajstić information content (AvgIpc) is 3.10. The number of nitrogens with zero attached hydrogens (tertiary/aromatic N) is 1. The summed E-state index contributed by atoms with van der Waals surface area (Å²) in [5, 5.41) is 4.22. The lowest BCUT2D eigenvalue weighted by Gasteiger charge is -2.01. The minimum atomic E-state index is 0.728. The number of nitrogens with one attached hydrogen (secondary N) is 1. The third-order valence-electron chi connectivity index (χ3n) is 3.46. The second-order valence-electron chi connectivity index (χ2n) is 5.47. The predicted molar refractivity (Wildman–Crippen MR) is 81.0 cm³/mol. The first kappa shape index (κ1) is 13.7. The minimum Gasteiger partial charge on any atom is -0.441 e. The molecule has 3 nitrogen and oxygen atoms in total. The average molecular weight is 291 g/mol. The van der Waals surface area contributed by atoms with E-state index in [2.05, 4.69) is 16.4 Å². The zero-order valence-corrected chi connectivity index (χ0v) is 12.4. The second-order valence-corrected chi connectivity index (χ2v) is 5.90. The third kappa shape index (κ3) is 3.62. The van der Waals surface area contributed by atoms with Crippen molar-refractivity contribution >= 4 is 11.6 Å². The van der Waals surface area contributed by atoms with Crippen LogP contribution in [0.3, 0.4) is 0 Å². The van der Waals surface area contributed by atoms with Gasteiger partial charge in [-0.1, -0.05) is 11.6 Å². The second kappa shape index (κ2) is 5.98. The summed E-state index contributed by atoms with van der Waals surface area (Å²) in [5.74, 6) is 1.59. The highest BCUT2D eigenvalue weighted by Crippen LogP contribution is 2.25. The van der Waals surface area contributed by atoms with Crippen molar-refractivity contribution in [2.45, 2.75) is 38.6 Å². The summed E-state index contributed by atoms with van der Waals surface area (Å²) in [6.07, 6.45) is 6.38. The van der Waals surface area contributed by atoms with E-state index < -0.39 is 0 Å². The summed E-state index contributed by atoms with van der Waals surface area (Å²) in [5.41, 5.74) is 2.11. The number of rotatable bonds is 6. The van der Waals surface area contributed by atoms with Crippen molar-refractivity contribution in [3.8, 4) is 11.3 Å². The van der Waals surface area contributed by atoms with E-state index in [9.17, 15) is 0 Å². The third-order valence-corrected chi connectivity index (χ3v) is 3.68. The van der Waals surface area contributed by atoms with Gasteiger partial charge in [0.25, 0.3) is 0 Å². The van der Waals surface area contributed by atoms with Gasteiger partial charge in [0.1, 0.15) is 0 Å². The van der Waals surface area contributed by atoms with Crippen molar-refractivity contribution in [1.82, 2.24) is 10.3 Å². The van der Waals surface area contributed by atoms with Crippen LogP contribution < -0.4 is 5.32 Å². The molecular weight excluding hydrogens is 272 g/mol. The number of hydrogen-bond acceptors (Lipinski definition) is 3. The van der Waals surface area contributed by atoms with Gasteiger partial charge in [-0.3, -0.25) is 0 Å². The molecule has 0 amide bonds. The highest BCUT2D eigenvalue weighted by atomic mass is 35.5. The lowest BCUT2D eigenvalue weighted by Crippen LogP contribution is -2.17. The van der Waals surface area contributed by atoms with Crippen LogP contribution in [0.25, 0.3) is 11.3 Å². The Hall–Kier alpha value is -1.32. The standard InChI is InChI=1S/C16H19ClN2O/c1-11-7-12(9-13(17)8-11)15-10-19-16(20-15)3-2-6-18-14-4-5-14/h7-10,14,18H,2-6H2,1H3. The SMILES string of the molecule is Cc1cc(Cl)cc(-c2cnc(CCCNC3CC3)o2)c1. The molecule has 1 aromatic heterocycles. The Morgan fingerprint density at radius 3 is 2.95 bits per heavy atom. The first-order valence-electron chi connectivity index (χ1n) is 7.16. The van der Waals surface area contributed by atoms with Crippen LogP contribution in [0.4, 0.5) is 0 Å². The predicted octanol–water partition coefficient (Wildman–Crippen LogP) is 3.99. The molecule has 0 saturated heterocycles. The molecule has 4 heteroatoms. The van der Waals surface area contributed by atoms with E-state index >= 15 is 0 Å². The Labute approximate surface area is 124 Å². The van der Waals surface area contributed by atoms with Crippen molar-refractivity contribution < 1.29 is 4.42 Å². The first-order chi connectivity index (χ1) is 9.70. The molecule has 0 spiro atoms. The zero-order valence-electron chi connectivity index (χ0n) is 11.7. The van der Waals surface area contributed by atoms with Crippen LogP contribution in [0.5, 0.6) is 0 Å². The maximum atomic E-state index is 6.07. The molecule has 1 saturated carbocycles. The lowest BCUT2D eigenvalue weighted by atomic mass is 10.1. The molecule has 1 aromatic carbocycles. The fourth-order valence-corrected chi connectivity index (χ4v) is 2.56. The maximum absolute atomic E-state index is 6.07. The number of benzene rings is 1. The molecule has 1 heterocycles. The van der Waals surface area contributed by atoms with Crippen LogP contribution in [0.2, 0.25) is 5.02 Å². The highest BCUT2D eigenvalue weighted by Gasteiger charge is 2.19. The van der Waals surface area contributed by atoms with Gasteiger partial charge in [-0.2, -0.15) is 0 Å². The summed E-state index contributed by atoms with van der Waals surface area (Å²) in [4.78, 5) is 4.35. The van der Waals surface area contributed by atoms with Gasteiger partial charge in [-0.05, 0) is 56.5 Å². The maximum Gasteiger partial charge on any atom is 0.194 e. The van der Waals surface area contributed by atoms with Gasteiger partial charge >= 0.3 is 0 Å². The molecule has 1 aliphatic rings. The number of aryl methyl sites for hydroxylation is 2. The van der Waals surface area contributed by atoms with Gasteiger partial charge in [-0.15, -0.1) is 0 Å². The Morgan fingerprint density at radius 1 is 1.35 bits per heavy atom. The van der Waals surface area contributed by atoms with Crippen LogP contribution in [0.15, 0.2) is 28.8 Å². The summed E-state index contributed by atoms with van der Waals surface area (Å²) >= 11 is 6.07. The molecule has 20 heavy (non-hydrogen) atoms. The normalized spacial score (nSPS) is 14.7. The number of aromatic nitrogens is 1. The molecule has 0 aliphatic heterocycles. The number of hydrogen-bond donors (Lipinski definition) is 1. The molecule has 106 valence electrons. The lowest BCUT2D eigenvalue weighted by molar-refractivity contribution is 0.491. The van der Waals surface area contributed by atoms with E-state index in [4.69, 9.17) is 16.0 Å². The number of halogens is 1. The minimum absolute atomic E-state index is 0.728. The van der Waals surface area contributed by atoms with Crippen molar-refractivity contribution in [2.24, 2.45) is 0 Å². The van der Waals surface area contributed by atoms with Gasteiger partial charge in [0, 0.05) is 23.0 Å². The topological polar surface area (TPSA) is 38.1 Å². The quantitative estimate of drug-likeness (QED) is 0.818. The van der Waals surface area contributed by atoms with Crippen molar-refractivity contribution in [3.63, 3.8) is 0 Å². The van der Waals surface area contributed by atoms with Crippen LogP contribution in [-0.2, 0) is 6.42 Å². The fourth-order valence-electron chi connectivity index (χ4n) is 2.27. The van der Waals surface area contributed by atoms with E-state index in [1.54, 1.807) is 6.20 Å². The number of oxazole rings is 1. The Bertz CT molecular complexity index is 570. The fraction of sp³-hybridized carbons (Fsp3) is 0.438. The Kier molecular flexibility index (Phi) is 4.08. The van der Waals surface area contributed by atoms with Crippen LogP contribution in [-0.4, -0.2) is 17.6 Å². The Balaban J connectivity index is 1.60. The van der Waals surface area contributed by atoms with E-state index in [-0.39, 0.29) is 0 Å². The zero-order chi connectivity index (χ0) is 13.9. The molecule has 0 unspecified atom stereocenters. The van der Waals surface area contributed by atoms with Gasteiger partial charge in [0.2, 0.25) is 0 Å². The molecular formula is C16H19ClN2O. The van der Waals surface area contributed by atoms with Gasteiger partial charge in [0.05, 0.1) is 6.20 Å². The molecule has 3 rings (SSSR count). The molecule has 1 aliphatic carbocycles. The summed E-state index contributed by atoms with van der Waals surface area (Å²) in [6.45, 7) is 3.06.